The maximum atomic E-state index is 10.9. The van der Waals surface area contributed by atoms with Gasteiger partial charge in [0.2, 0.25) is 0 Å². The molecule has 5 heteroatoms. The quantitative estimate of drug-likeness (QED) is 0.896. The van der Waals surface area contributed by atoms with E-state index in [9.17, 15) is 4.79 Å². The molecule has 19 heavy (non-hydrogen) atoms. The summed E-state index contributed by atoms with van der Waals surface area (Å²) in [5.74, 6) is -0.747. The van der Waals surface area contributed by atoms with E-state index in [1.165, 1.54) is 0 Å². The molecule has 104 valence electrons. The number of carboxylic acids is 1. The number of carboxylic acid groups (broad SMARTS) is 1. The molecule has 1 fully saturated rings. The van der Waals surface area contributed by atoms with Gasteiger partial charge in [-0.3, -0.25) is 4.79 Å². The van der Waals surface area contributed by atoms with Gasteiger partial charge in [-0.1, -0.05) is 15.9 Å². The molecule has 4 nitrogen and oxygen atoms in total. The van der Waals surface area contributed by atoms with Crippen molar-refractivity contribution >= 4 is 27.6 Å². The summed E-state index contributed by atoms with van der Waals surface area (Å²) >= 11 is 3.44. The number of nitrogens with zero attached hydrogens (tertiary/aromatic N) is 1. The number of carbonyl (C=O) groups is 1. The lowest BCUT2D eigenvalue weighted by atomic mass is 10.1. The van der Waals surface area contributed by atoms with E-state index in [1.54, 1.807) is 0 Å². The van der Waals surface area contributed by atoms with Crippen LogP contribution in [0.3, 0.4) is 0 Å². The zero-order valence-corrected chi connectivity index (χ0v) is 12.6. The number of benzene rings is 1. The Morgan fingerprint density at radius 1 is 1.47 bits per heavy atom. The topological polar surface area (TPSA) is 52.6 Å². The molecule has 1 aliphatic heterocycles. The third-order valence-electron chi connectivity index (χ3n) is 3.52. The van der Waals surface area contributed by atoms with Crippen LogP contribution < -0.4 is 10.2 Å². The fourth-order valence-electron chi connectivity index (χ4n) is 2.47. The van der Waals surface area contributed by atoms with Gasteiger partial charge in [-0.2, -0.15) is 0 Å². The van der Waals surface area contributed by atoms with Gasteiger partial charge in [-0.05, 0) is 44.2 Å². The van der Waals surface area contributed by atoms with Crippen LogP contribution in [0.2, 0.25) is 0 Å². The Morgan fingerprint density at radius 2 is 2.16 bits per heavy atom. The van der Waals surface area contributed by atoms with Crippen LogP contribution in [0.4, 0.5) is 5.69 Å². The first-order valence-electron chi connectivity index (χ1n) is 6.53. The first kappa shape index (κ1) is 14.3. The molecule has 0 saturated carbocycles. The van der Waals surface area contributed by atoms with Crippen molar-refractivity contribution in [2.75, 3.05) is 18.0 Å². The monoisotopic (exact) mass is 326 g/mol. The van der Waals surface area contributed by atoms with Crippen LogP contribution in [0.15, 0.2) is 28.7 Å². The number of aliphatic carboxylic acids is 1. The number of hydrogen-bond donors (Lipinski definition) is 2. The highest BCUT2D eigenvalue weighted by Gasteiger charge is 2.24. The van der Waals surface area contributed by atoms with Gasteiger partial charge in [0.25, 0.3) is 0 Å². The van der Waals surface area contributed by atoms with E-state index in [0.29, 0.717) is 6.04 Å². The minimum absolute atomic E-state index is 0.00565. The first-order valence-corrected chi connectivity index (χ1v) is 7.33. The lowest BCUT2D eigenvalue weighted by molar-refractivity contribution is -0.137. The van der Waals surface area contributed by atoms with Crippen LogP contribution in [-0.4, -0.2) is 36.2 Å². The summed E-state index contributed by atoms with van der Waals surface area (Å²) in [7, 11) is 0. The number of halogens is 1. The predicted octanol–water partition coefficient (Wildman–Crippen LogP) is 2.48. The van der Waals surface area contributed by atoms with Gasteiger partial charge in [0.1, 0.15) is 0 Å². The van der Waals surface area contributed by atoms with E-state index in [1.807, 2.05) is 12.1 Å². The molecule has 2 rings (SSSR count). The van der Waals surface area contributed by atoms with E-state index >= 15 is 0 Å². The van der Waals surface area contributed by atoms with Crippen LogP contribution in [0.1, 0.15) is 19.8 Å². The molecular weight excluding hydrogens is 308 g/mol. The van der Waals surface area contributed by atoms with Crippen molar-refractivity contribution in [2.45, 2.75) is 31.8 Å². The molecule has 1 aromatic rings. The van der Waals surface area contributed by atoms with Crippen molar-refractivity contribution in [3.63, 3.8) is 0 Å². The second kappa shape index (κ2) is 6.39. The maximum absolute atomic E-state index is 10.9. The van der Waals surface area contributed by atoms with Crippen LogP contribution in [0.5, 0.6) is 0 Å². The third kappa shape index (κ3) is 3.94. The number of nitrogens with one attached hydrogen (secondary N) is 1. The largest absolute Gasteiger partial charge is 0.481 e. The smallest absolute Gasteiger partial charge is 0.304 e. The third-order valence-corrected chi connectivity index (χ3v) is 4.05. The highest BCUT2D eigenvalue weighted by Crippen LogP contribution is 2.23. The van der Waals surface area contributed by atoms with Crippen molar-refractivity contribution in [1.29, 1.82) is 0 Å². The van der Waals surface area contributed by atoms with Gasteiger partial charge in [-0.25, -0.2) is 0 Å². The number of hydrogen-bond acceptors (Lipinski definition) is 3. The molecule has 0 spiro atoms. The Hall–Kier alpha value is -1.07. The van der Waals surface area contributed by atoms with Crippen LogP contribution >= 0.6 is 15.9 Å². The molecule has 1 saturated heterocycles. The SMILES string of the molecule is CC1CCNC(CC(=O)O)CN1c1ccc(Br)cc1. The highest BCUT2D eigenvalue weighted by atomic mass is 79.9. The molecule has 0 aliphatic carbocycles. The fourth-order valence-corrected chi connectivity index (χ4v) is 2.74. The zero-order valence-electron chi connectivity index (χ0n) is 11.0. The first-order chi connectivity index (χ1) is 9.06. The number of rotatable bonds is 3. The van der Waals surface area contributed by atoms with E-state index in [4.69, 9.17) is 5.11 Å². The predicted molar refractivity (Wildman–Crippen MR) is 79.6 cm³/mol. The molecule has 2 unspecified atom stereocenters. The van der Waals surface area contributed by atoms with Crippen molar-refractivity contribution in [1.82, 2.24) is 5.32 Å². The summed E-state index contributed by atoms with van der Waals surface area (Å²) < 4.78 is 1.05. The summed E-state index contributed by atoms with van der Waals surface area (Å²) in [6, 6.07) is 8.60. The van der Waals surface area contributed by atoms with E-state index in [0.717, 1.165) is 29.7 Å². The van der Waals surface area contributed by atoms with E-state index in [-0.39, 0.29) is 12.5 Å². The van der Waals surface area contributed by atoms with E-state index in [2.05, 4.69) is 45.2 Å². The molecule has 0 bridgehead atoms. The average molecular weight is 327 g/mol. The van der Waals surface area contributed by atoms with Crippen LogP contribution in [0.25, 0.3) is 0 Å². The summed E-state index contributed by atoms with van der Waals surface area (Å²) in [4.78, 5) is 13.2. The summed E-state index contributed by atoms with van der Waals surface area (Å²) in [5.41, 5.74) is 1.15. The molecule has 1 aliphatic rings. The molecule has 2 atom stereocenters. The van der Waals surface area contributed by atoms with E-state index < -0.39 is 5.97 Å². The Bertz CT molecular complexity index is 436. The molecular formula is C14H19BrN2O2. The average Bonchev–Trinajstić information content (AvgIpc) is 2.52. The Kier molecular flexibility index (Phi) is 4.82. The lowest BCUT2D eigenvalue weighted by Gasteiger charge is -2.31. The fraction of sp³-hybridized carbons (Fsp3) is 0.500. The van der Waals surface area contributed by atoms with Gasteiger partial charge in [0.15, 0.2) is 0 Å². The second-order valence-electron chi connectivity index (χ2n) is 5.02. The van der Waals surface area contributed by atoms with Crippen molar-refractivity contribution in [2.24, 2.45) is 0 Å². The second-order valence-corrected chi connectivity index (χ2v) is 5.93. The highest BCUT2D eigenvalue weighted by molar-refractivity contribution is 9.10. The zero-order chi connectivity index (χ0) is 13.8. The standard InChI is InChI=1S/C14H19BrN2O2/c1-10-6-7-16-12(8-14(18)19)9-17(10)13-4-2-11(15)3-5-13/h2-5,10,12,16H,6-9H2,1H3,(H,18,19). The van der Waals surface area contributed by atoms with Gasteiger partial charge < -0.3 is 15.3 Å². The molecule has 1 heterocycles. The lowest BCUT2D eigenvalue weighted by Crippen LogP contribution is -2.41. The van der Waals surface area contributed by atoms with Crippen LogP contribution in [0, 0.1) is 0 Å². The van der Waals surface area contributed by atoms with Gasteiger partial charge in [0.05, 0.1) is 6.42 Å². The summed E-state index contributed by atoms with van der Waals surface area (Å²) in [5, 5.41) is 12.3. The minimum atomic E-state index is -0.747. The molecule has 0 aromatic heterocycles. The normalized spacial score (nSPS) is 24.0. The summed E-state index contributed by atoms with van der Waals surface area (Å²) in [6.07, 6.45) is 1.19. The Morgan fingerprint density at radius 3 is 2.79 bits per heavy atom. The Balaban J connectivity index is 2.15. The molecule has 2 N–H and O–H groups in total. The maximum Gasteiger partial charge on any atom is 0.304 e. The Labute approximate surface area is 121 Å². The van der Waals surface area contributed by atoms with Gasteiger partial charge in [0, 0.05) is 28.8 Å². The van der Waals surface area contributed by atoms with Crippen LogP contribution in [-0.2, 0) is 4.79 Å². The molecule has 0 radical (unpaired) electrons. The molecule has 0 amide bonds. The van der Waals surface area contributed by atoms with Crippen molar-refractivity contribution in [3.8, 4) is 0 Å². The summed E-state index contributed by atoms with van der Waals surface area (Å²) in [6.45, 7) is 3.79. The number of anilines is 1. The molecule has 1 aromatic carbocycles. The van der Waals surface area contributed by atoms with Crippen molar-refractivity contribution < 1.29 is 9.90 Å². The van der Waals surface area contributed by atoms with Crippen molar-refractivity contribution in [3.05, 3.63) is 28.7 Å². The van der Waals surface area contributed by atoms with Gasteiger partial charge >= 0.3 is 5.97 Å². The minimum Gasteiger partial charge on any atom is -0.481 e. The van der Waals surface area contributed by atoms with Gasteiger partial charge in [-0.15, -0.1) is 0 Å².